The zero-order chi connectivity index (χ0) is 9.68. The Morgan fingerprint density at radius 3 is 3.00 bits per heavy atom. The van der Waals surface area contributed by atoms with Crippen molar-refractivity contribution in [3.63, 3.8) is 0 Å². The second-order valence-corrected chi connectivity index (χ2v) is 4.50. The average Bonchev–Trinajstić information content (AvgIpc) is 2.51. The number of hydrogen-bond acceptors (Lipinski definition) is 3. The number of nitrogens with two attached hydrogens (primary N) is 1. The van der Waals surface area contributed by atoms with Gasteiger partial charge in [-0.15, -0.1) is 0 Å². The summed E-state index contributed by atoms with van der Waals surface area (Å²) in [5.74, 6) is 0.383. The van der Waals surface area contributed by atoms with Gasteiger partial charge in [0.1, 0.15) is 0 Å². The zero-order valence-corrected chi connectivity index (χ0v) is 8.63. The first-order valence-electron chi connectivity index (χ1n) is 4.75. The van der Waals surface area contributed by atoms with Gasteiger partial charge in [-0.1, -0.05) is 0 Å². The van der Waals surface area contributed by atoms with Crippen LogP contribution >= 0.6 is 0 Å². The molecule has 13 heavy (non-hydrogen) atoms. The van der Waals surface area contributed by atoms with E-state index >= 15 is 0 Å². The topological polar surface area (TPSA) is 66.6 Å². The maximum absolute atomic E-state index is 10.4. The van der Waals surface area contributed by atoms with Gasteiger partial charge in [0.25, 0.3) is 0 Å². The van der Waals surface area contributed by atoms with Gasteiger partial charge in [-0.25, -0.2) is 4.21 Å². The largest absolute Gasteiger partial charge is 0.329 e. The predicted molar refractivity (Wildman–Crippen MR) is 53.9 cm³/mol. The van der Waals surface area contributed by atoms with Crippen LogP contribution in [0, 0.1) is 0 Å². The summed E-state index contributed by atoms with van der Waals surface area (Å²) >= 11 is -1.64. The normalized spacial score (nSPS) is 26.5. The molecule has 0 radical (unpaired) electrons. The van der Waals surface area contributed by atoms with Gasteiger partial charge >= 0.3 is 0 Å². The Bertz CT molecular complexity index is 178. The number of likely N-dealkylation sites (tertiary alicyclic amines) is 1. The lowest BCUT2D eigenvalue weighted by Gasteiger charge is -2.22. The molecule has 3 N–H and O–H groups in total. The van der Waals surface area contributed by atoms with E-state index in [2.05, 4.69) is 4.90 Å². The second kappa shape index (κ2) is 5.70. The molecule has 0 aromatic heterocycles. The van der Waals surface area contributed by atoms with Crippen LogP contribution in [0.25, 0.3) is 0 Å². The Labute approximate surface area is 81.8 Å². The van der Waals surface area contributed by atoms with Crippen molar-refractivity contribution < 1.29 is 8.76 Å². The van der Waals surface area contributed by atoms with Crippen LogP contribution in [0.5, 0.6) is 0 Å². The third-order valence-corrected chi connectivity index (χ3v) is 3.17. The van der Waals surface area contributed by atoms with E-state index in [1.165, 1.54) is 12.8 Å². The van der Waals surface area contributed by atoms with Crippen molar-refractivity contribution in [3.05, 3.63) is 0 Å². The van der Waals surface area contributed by atoms with Crippen molar-refractivity contribution in [1.82, 2.24) is 4.90 Å². The summed E-state index contributed by atoms with van der Waals surface area (Å²) in [7, 11) is 0. The molecule has 1 fully saturated rings. The first-order chi connectivity index (χ1) is 6.24. The smallest absolute Gasteiger partial charge is 0.152 e. The minimum Gasteiger partial charge on any atom is -0.329 e. The van der Waals surface area contributed by atoms with Crippen LogP contribution < -0.4 is 5.73 Å². The van der Waals surface area contributed by atoms with E-state index in [9.17, 15) is 4.21 Å². The molecule has 4 nitrogen and oxygen atoms in total. The quantitative estimate of drug-likeness (QED) is 0.622. The van der Waals surface area contributed by atoms with Gasteiger partial charge in [0.15, 0.2) is 11.1 Å². The maximum Gasteiger partial charge on any atom is 0.152 e. The first-order valence-corrected chi connectivity index (χ1v) is 6.03. The van der Waals surface area contributed by atoms with Crippen LogP contribution in [0.2, 0.25) is 0 Å². The SMILES string of the molecule is NCC1CCCN1CCCS(=O)O. The molecule has 1 aliphatic rings. The van der Waals surface area contributed by atoms with Gasteiger partial charge in [-0.05, 0) is 32.4 Å². The third-order valence-electron chi connectivity index (χ3n) is 2.54. The molecule has 2 atom stereocenters. The van der Waals surface area contributed by atoms with Crippen LogP contribution in [-0.4, -0.2) is 45.1 Å². The van der Waals surface area contributed by atoms with Crippen molar-refractivity contribution in [2.24, 2.45) is 5.73 Å². The molecule has 1 heterocycles. The van der Waals surface area contributed by atoms with Crippen molar-refractivity contribution in [3.8, 4) is 0 Å². The summed E-state index contributed by atoms with van der Waals surface area (Å²) in [6.45, 7) is 2.72. The lowest BCUT2D eigenvalue weighted by molar-refractivity contribution is 0.259. The third kappa shape index (κ3) is 3.72. The van der Waals surface area contributed by atoms with Crippen molar-refractivity contribution in [2.75, 3.05) is 25.4 Å². The predicted octanol–water partition coefficient (Wildman–Crippen LogP) is 0.0213. The molecule has 0 amide bonds. The Morgan fingerprint density at radius 2 is 2.38 bits per heavy atom. The fourth-order valence-electron chi connectivity index (χ4n) is 1.85. The van der Waals surface area contributed by atoms with Gasteiger partial charge in [-0.2, -0.15) is 0 Å². The van der Waals surface area contributed by atoms with E-state index in [1.807, 2.05) is 0 Å². The summed E-state index contributed by atoms with van der Waals surface area (Å²) in [6, 6.07) is 0.507. The standard InChI is InChI=1S/C8H18N2O2S/c9-7-8-3-1-4-10(8)5-2-6-13(11)12/h8H,1-7,9H2,(H,11,12). The molecule has 0 spiro atoms. The highest BCUT2D eigenvalue weighted by atomic mass is 32.2. The van der Waals surface area contributed by atoms with Gasteiger partial charge in [0.05, 0.1) is 5.75 Å². The molecule has 0 aliphatic carbocycles. The first kappa shape index (κ1) is 11.1. The van der Waals surface area contributed by atoms with Gasteiger partial charge in [0, 0.05) is 12.6 Å². The van der Waals surface area contributed by atoms with Crippen molar-refractivity contribution >= 4 is 11.1 Å². The molecule has 0 saturated carbocycles. The highest BCUT2D eigenvalue weighted by Gasteiger charge is 2.22. The van der Waals surface area contributed by atoms with Crippen LogP contribution in [-0.2, 0) is 11.1 Å². The molecule has 5 heteroatoms. The molecular weight excluding hydrogens is 188 g/mol. The highest BCUT2D eigenvalue weighted by Crippen LogP contribution is 2.15. The summed E-state index contributed by atoms with van der Waals surface area (Å²) in [5.41, 5.74) is 5.60. The van der Waals surface area contributed by atoms with Gasteiger partial charge < -0.3 is 10.3 Å². The van der Waals surface area contributed by atoms with Crippen LogP contribution in [0.15, 0.2) is 0 Å². The number of hydrogen-bond donors (Lipinski definition) is 2. The summed E-state index contributed by atoms with van der Waals surface area (Å²) in [4.78, 5) is 2.33. The molecule has 0 aromatic rings. The Hall–Kier alpha value is 0.0300. The Kier molecular flexibility index (Phi) is 4.87. The van der Waals surface area contributed by atoms with E-state index in [1.54, 1.807) is 0 Å². The highest BCUT2D eigenvalue weighted by molar-refractivity contribution is 7.79. The fraction of sp³-hybridized carbons (Fsp3) is 1.00. The minimum absolute atomic E-state index is 0.383. The maximum atomic E-state index is 10.4. The number of rotatable bonds is 5. The van der Waals surface area contributed by atoms with E-state index in [0.717, 1.165) is 19.5 Å². The van der Waals surface area contributed by atoms with Crippen LogP contribution in [0.1, 0.15) is 19.3 Å². The summed E-state index contributed by atoms with van der Waals surface area (Å²) in [6.07, 6.45) is 3.18. The van der Waals surface area contributed by atoms with Crippen LogP contribution in [0.4, 0.5) is 0 Å². The molecule has 78 valence electrons. The van der Waals surface area contributed by atoms with E-state index < -0.39 is 11.1 Å². The van der Waals surface area contributed by atoms with Gasteiger partial charge in [-0.3, -0.25) is 4.90 Å². The Morgan fingerprint density at radius 1 is 1.62 bits per heavy atom. The fourth-order valence-corrected chi connectivity index (χ4v) is 2.22. The molecule has 0 aromatic carbocycles. The molecule has 1 aliphatic heterocycles. The average molecular weight is 206 g/mol. The molecule has 2 unspecified atom stereocenters. The second-order valence-electron chi connectivity index (χ2n) is 3.45. The van der Waals surface area contributed by atoms with Crippen molar-refractivity contribution in [2.45, 2.75) is 25.3 Å². The summed E-state index contributed by atoms with van der Waals surface area (Å²) < 4.78 is 19.0. The minimum atomic E-state index is -1.64. The zero-order valence-electron chi connectivity index (χ0n) is 7.82. The lowest BCUT2D eigenvalue weighted by atomic mass is 10.2. The Balaban J connectivity index is 2.16. The molecule has 0 bridgehead atoms. The number of nitrogens with zero attached hydrogens (tertiary/aromatic N) is 1. The van der Waals surface area contributed by atoms with Crippen LogP contribution in [0.3, 0.4) is 0 Å². The monoisotopic (exact) mass is 206 g/mol. The lowest BCUT2D eigenvalue weighted by Crippen LogP contribution is -2.36. The molecule has 1 rings (SSSR count). The molecule has 1 saturated heterocycles. The van der Waals surface area contributed by atoms with E-state index in [4.69, 9.17) is 10.3 Å². The summed E-state index contributed by atoms with van der Waals surface area (Å²) in [5, 5.41) is 0. The van der Waals surface area contributed by atoms with Crippen molar-refractivity contribution in [1.29, 1.82) is 0 Å². The van der Waals surface area contributed by atoms with Gasteiger partial charge in [0.2, 0.25) is 0 Å². The van der Waals surface area contributed by atoms with E-state index in [-0.39, 0.29) is 0 Å². The molecular formula is C8H18N2O2S. The van der Waals surface area contributed by atoms with E-state index in [0.29, 0.717) is 18.3 Å².